The van der Waals surface area contributed by atoms with Crippen LogP contribution in [0.5, 0.6) is 0 Å². The fraction of sp³-hybridized carbons (Fsp3) is 0.545. The standard InChI is InChI=1S/C22H33ClN2O4/c1-2-3-4-9-28-22(25)8-6-17(24)11-16-10-15(5-7-20(16)23)21-13-18(27)12-19(14-26)29-21/h5-8,10,18-19,21,26-27H,2-4,9,11-14,24-25H2,1H3/b17-6-,22-8+. The first-order chi connectivity index (χ1) is 13.9. The Kier molecular flexibility index (Phi) is 9.81. The van der Waals surface area contributed by atoms with E-state index in [1.807, 2.05) is 12.1 Å². The molecule has 3 unspecified atom stereocenters. The predicted octanol–water partition coefficient (Wildman–Crippen LogP) is 3.31. The lowest BCUT2D eigenvalue weighted by Gasteiger charge is -2.32. The van der Waals surface area contributed by atoms with E-state index in [2.05, 4.69) is 6.92 Å². The Hall–Kier alpha value is -1.73. The van der Waals surface area contributed by atoms with Crippen LogP contribution in [-0.2, 0) is 15.9 Å². The van der Waals surface area contributed by atoms with E-state index in [9.17, 15) is 10.2 Å². The van der Waals surface area contributed by atoms with Crippen LogP contribution in [0.2, 0.25) is 5.02 Å². The molecule has 0 aliphatic carbocycles. The summed E-state index contributed by atoms with van der Waals surface area (Å²) in [6.45, 7) is 2.62. The molecule has 1 aliphatic rings. The molecule has 0 spiro atoms. The zero-order valence-corrected chi connectivity index (χ0v) is 17.8. The van der Waals surface area contributed by atoms with Crippen LogP contribution in [-0.4, -0.2) is 35.6 Å². The first kappa shape index (κ1) is 23.5. The average Bonchev–Trinajstić information content (AvgIpc) is 2.70. The van der Waals surface area contributed by atoms with Crippen LogP contribution in [0.4, 0.5) is 0 Å². The predicted molar refractivity (Wildman–Crippen MR) is 115 cm³/mol. The molecule has 1 fully saturated rings. The normalized spacial score (nSPS) is 23.2. The fourth-order valence-corrected chi connectivity index (χ4v) is 3.50. The van der Waals surface area contributed by atoms with Crippen molar-refractivity contribution in [1.29, 1.82) is 0 Å². The van der Waals surface area contributed by atoms with Crippen molar-refractivity contribution in [2.45, 2.75) is 63.8 Å². The second kappa shape index (κ2) is 12.1. The van der Waals surface area contributed by atoms with Crippen molar-refractivity contribution in [1.82, 2.24) is 0 Å². The Bertz CT molecular complexity index is 708. The molecule has 1 heterocycles. The first-order valence-electron chi connectivity index (χ1n) is 10.2. The molecule has 6 N–H and O–H groups in total. The molecule has 6 nitrogen and oxygen atoms in total. The van der Waals surface area contributed by atoms with Crippen LogP contribution in [0.25, 0.3) is 0 Å². The number of halogens is 1. The lowest BCUT2D eigenvalue weighted by Crippen LogP contribution is -2.33. The summed E-state index contributed by atoms with van der Waals surface area (Å²) in [5.74, 6) is 0.337. The summed E-state index contributed by atoms with van der Waals surface area (Å²) in [5.41, 5.74) is 14.3. The number of ether oxygens (including phenoxy) is 2. The molecule has 0 bridgehead atoms. The number of aliphatic hydroxyl groups excluding tert-OH is 2. The largest absolute Gasteiger partial charge is 0.479 e. The van der Waals surface area contributed by atoms with Gasteiger partial charge in [-0.3, -0.25) is 0 Å². The highest BCUT2D eigenvalue weighted by Crippen LogP contribution is 2.33. The Labute approximate surface area is 178 Å². The van der Waals surface area contributed by atoms with Crippen molar-refractivity contribution in [2.75, 3.05) is 13.2 Å². The zero-order chi connectivity index (χ0) is 21.2. The quantitative estimate of drug-likeness (QED) is 0.260. The molecule has 0 saturated carbocycles. The van der Waals surface area contributed by atoms with E-state index >= 15 is 0 Å². The maximum absolute atomic E-state index is 10.0. The summed E-state index contributed by atoms with van der Waals surface area (Å²) in [7, 11) is 0. The zero-order valence-electron chi connectivity index (χ0n) is 17.0. The Balaban J connectivity index is 2.02. The van der Waals surface area contributed by atoms with Gasteiger partial charge in [-0.1, -0.05) is 43.5 Å². The van der Waals surface area contributed by atoms with E-state index in [4.69, 9.17) is 32.5 Å². The molecular formula is C22H33ClN2O4. The Morgan fingerprint density at radius 1 is 1.28 bits per heavy atom. The molecule has 1 aromatic rings. The molecule has 2 rings (SSSR count). The highest BCUT2D eigenvalue weighted by atomic mass is 35.5. The van der Waals surface area contributed by atoms with Gasteiger partial charge in [0.25, 0.3) is 0 Å². The summed E-state index contributed by atoms with van der Waals surface area (Å²) >= 11 is 6.35. The van der Waals surface area contributed by atoms with Gasteiger partial charge < -0.3 is 31.2 Å². The summed E-state index contributed by atoms with van der Waals surface area (Å²) in [5, 5.41) is 20.0. The van der Waals surface area contributed by atoms with Crippen LogP contribution in [0.3, 0.4) is 0 Å². The van der Waals surface area contributed by atoms with E-state index in [0.717, 1.165) is 30.4 Å². The van der Waals surface area contributed by atoms with Crippen LogP contribution < -0.4 is 11.5 Å². The Morgan fingerprint density at radius 2 is 2.07 bits per heavy atom. The molecular weight excluding hydrogens is 392 g/mol. The van der Waals surface area contributed by atoms with Crippen LogP contribution in [0.1, 0.15) is 56.3 Å². The van der Waals surface area contributed by atoms with Crippen molar-refractivity contribution in [2.24, 2.45) is 11.5 Å². The topological polar surface area (TPSA) is 111 Å². The van der Waals surface area contributed by atoms with Gasteiger partial charge in [-0.15, -0.1) is 0 Å². The van der Waals surface area contributed by atoms with Gasteiger partial charge in [0.15, 0.2) is 5.88 Å². The van der Waals surface area contributed by atoms with Crippen LogP contribution >= 0.6 is 11.6 Å². The summed E-state index contributed by atoms with van der Waals surface area (Å²) in [6, 6.07) is 5.62. The number of nitrogens with two attached hydrogens (primary N) is 2. The van der Waals surface area contributed by atoms with Crippen LogP contribution in [0, 0.1) is 0 Å². The van der Waals surface area contributed by atoms with E-state index in [-0.39, 0.29) is 18.8 Å². The summed E-state index contributed by atoms with van der Waals surface area (Å²) < 4.78 is 11.3. The van der Waals surface area contributed by atoms with Crippen molar-refractivity contribution in [3.63, 3.8) is 0 Å². The van der Waals surface area contributed by atoms with E-state index in [1.54, 1.807) is 18.2 Å². The third kappa shape index (κ3) is 7.90. The van der Waals surface area contributed by atoms with Gasteiger partial charge in [-0.2, -0.15) is 0 Å². The molecule has 1 aliphatic heterocycles. The number of allylic oxidation sites excluding steroid dienone is 3. The number of aliphatic hydroxyl groups is 2. The molecule has 3 atom stereocenters. The minimum absolute atomic E-state index is 0.113. The minimum atomic E-state index is -0.500. The maximum Gasteiger partial charge on any atom is 0.183 e. The van der Waals surface area contributed by atoms with E-state index in [1.165, 1.54) is 0 Å². The number of hydrogen-bond donors (Lipinski definition) is 4. The smallest absolute Gasteiger partial charge is 0.183 e. The average molecular weight is 425 g/mol. The molecule has 29 heavy (non-hydrogen) atoms. The lowest BCUT2D eigenvalue weighted by molar-refractivity contribution is -0.113. The van der Waals surface area contributed by atoms with Crippen LogP contribution in [0.15, 0.2) is 41.9 Å². The number of unbranched alkanes of at least 4 members (excludes halogenated alkanes) is 2. The van der Waals surface area contributed by atoms with Gasteiger partial charge in [0, 0.05) is 30.0 Å². The molecule has 0 aromatic heterocycles. The molecule has 162 valence electrons. The van der Waals surface area contributed by atoms with Gasteiger partial charge in [-0.05, 0) is 35.8 Å². The molecule has 7 heteroatoms. The monoisotopic (exact) mass is 424 g/mol. The van der Waals surface area contributed by atoms with Gasteiger partial charge >= 0.3 is 0 Å². The minimum Gasteiger partial charge on any atom is -0.479 e. The maximum atomic E-state index is 10.0. The van der Waals surface area contributed by atoms with E-state index in [0.29, 0.717) is 42.5 Å². The van der Waals surface area contributed by atoms with Gasteiger partial charge in [0.1, 0.15) is 0 Å². The fourth-order valence-electron chi connectivity index (χ4n) is 3.31. The van der Waals surface area contributed by atoms with Crippen molar-refractivity contribution >= 4 is 11.6 Å². The van der Waals surface area contributed by atoms with Crippen molar-refractivity contribution in [3.05, 3.63) is 58.1 Å². The Morgan fingerprint density at radius 3 is 2.79 bits per heavy atom. The SMILES string of the molecule is CCCCCO/C(N)=C/C=C(\N)Cc1cc(C2CC(O)CC(CO)O2)ccc1Cl. The lowest BCUT2D eigenvalue weighted by atomic mass is 9.94. The highest BCUT2D eigenvalue weighted by Gasteiger charge is 2.29. The summed E-state index contributed by atoms with van der Waals surface area (Å²) in [4.78, 5) is 0. The highest BCUT2D eigenvalue weighted by molar-refractivity contribution is 6.31. The van der Waals surface area contributed by atoms with Gasteiger partial charge in [0.05, 0.1) is 31.5 Å². The third-order valence-electron chi connectivity index (χ3n) is 4.90. The van der Waals surface area contributed by atoms with Gasteiger partial charge in [0.2, 0.25) is 0 Å². The molecule has 1 saturated heterocycles. The van der Waals surface area contributed by atoms with Gasteiger partial charge in [-0.25, -0.2) is 0 Å². The first-order valence-corrected chi connectivity index (χ1v) is 10.6. The number of rotatable bonds is 10. The summed E-state index contributed by atoms with van der Waals surface area (Å²) in [6.07, 6.45) is 6.82. The second-order valence-corrected chi connectivity index (χ2v) is 7.86. The molecule has 0 amide bonds. The number of hydrogen-bond acceptors (Lipinski definition) is 6. The molecule has 1 aromatic carbocycles. The third-order valence-corrected chi connectivity index (χ3v) is 5.26. The van der Waals surface area contributed by atoms with E-state index < -0.39 is 6.10 Å². The van der Waals surface area contributed by atoms with Crippen molar-refractivity contribution in [3.8, 4) is 0 Å². The molecule has 0 radical (unpaired) electrons. The van der Waals surface area contributed by atoms with Crippen molar-refractivity contribution < 1.29 is 19.7 Å². The second-order valence-electron chi connectivity index (χ2n) is 7.45. The number of benzene rings is 1.